The standard InChI is InChI=1S/C12H23NO2/c1-4-9-13(2)11-7-5-10(6-8-11)12(14)15-3/h10-11H,4-9H2,1-3H3. The average Bonchev–Trinajstić information content (AvgIpc) is 2.28. The molecule has 3 heteroatoms. The van der Waals surface area contributed by atoms with E-state index in [9.17, 15) is 4.79 Å². The molecule has 0 aliphatic heterocycles. The topological polar surface area (TPSA) is 29.5 Å². The maximum Gasteiger partial charge on any atom is 0.308 e. The van der Waals surface area contributed by atoms with E-state index in [2.05, 4.69) is 18.9 Å². The van der Waals surface area contributed by atoms with Gasteiger partial charge < -0.3 is 9.64 Å². The van der Waals surface area contributed by atoms with Gasteiger partial charge in [-0.05, 0) is 45.7 Å². The summed E-state index contributed by atoms with van der Waals surface area (Å²) >= 11 is 0. The van der Waals surface area contributed by atoms with Crippen molar-refractivity contribution in [3.63, 3.8) is 0 Å². The summed E-state index contributed by atoms with van der Waals surface area (Å²) in [6, 6.07) is 0.672. The highest BCUT2D eigenvalue weighted by Crippen LogP contribution is 2.27. The minimum atomic E-state index is -0.0217. The molecule has 1 aliphatic carbocycles. The minimum absolute atomic E-state index is 0.0217. The number of hydrogen-bond donors (Lipinski definition) is 0. The number of hydrogen-bond acceptors (Lipinski definition) is 3. The zero-order valence-electron chi connectivity index (χ0n) is 10.2. The van der Waals surface area contributed by atoms with Gasteiger partial charge in [0, 0.05) is 6.04 Å². The number of ether oxygens (including phenoxy) is 1. The molecule has 15 heavy (non-hydrogen) atoms. The van der Waals surface area contributed by atoms with Crippen molar-refractivity contribution < 1.29 is 9.53 Å². The van der Waals surface area contributed by atoms with E-state index in [0.29, 0.717) is 6.04 Å². The Balaban J connectivity index is 2.32. The smallest absolute Gasteiger partial charge is 0.308 e. The van der Waals surface area contributed by atoms with Crippen molar-refractivity contribution in [1.29, 1.82) is 0 Å². The molecule has 0 radical (unpaired) electrons. The Morgan fingerprint density at radius 2 is 1.93 bits per heavy atom. The summed E-state index contributed by atoms with van der Waals surface area (Å²) in [6.45, 7) is 3.37. The molecule has 0 N–H and O–H groups in total. The number of esters is 1. The number of rotatable bonds is 4. The van der Waals surface area contributed by atoms with Gasteiger partial charge in [-0.15, -0.1) is 0 Å². The third-order valence-electron chi connectivity index (χ3n) is 3.43. The number of methoxy groups -OCH3 is 1. The molecule has 0 bridgehead atoms. The summed E-state index contributed by atoms with van der Waals surface area (Å²) in [5, 5.41) is 0. The van der Waals surface area contributed by atoms with Crippen LogP contribution in [0.2, 0.25) is 0 Å². The first-order valence-electron chi connectivity index (χ1n) is 5.97. The Morgan fingerprint density at radius 1 is 1.33 bits per heavy atom. The molecule has 0 spiro atoms. The molecule has 0 saturated heterocycles. The van der Waals surface area contributed by atoms with Crippen LogP contribution in [-0.4, -0.2) is 37.6 Å². The van der Waals surface area contributed by atoms with Crippen LogP contribution < -0.4 is 0 Å². The third kappa shape index (κ3) is 3.49. The Kier molecular flexibility index (Phi) is 5.09. The number of carbonyl (C=O) groups excluding carboxylic acids is 1. The quantitative estimate of drug-likeness (QED) is 0.669. The molecule has 1 aliphatic rings. The van der Waals surface area contributed by atoms with Gasteiger partial charge in [-0.25, -0.2) is 0 Å². The van der Waals surface area contributed by atoms with Crippen LogP contribution in [-0.2, 0) is 9.53 Å². The largest absolute Gasteiger partial charge is 0.469 e. The summed E-state index contributed by atoms with van der Waals surface area (Å²) in [5.41, 5.74) is 0. The van der Waals surface area contributed by atoms with Crippen molar-refractivity contribution in [3.05, 3.63) is 0 Å². The predicted octanol–water partition coefficient (Wildman–Crippen LogP) is 2.06. The highest BCUT2D eigenvalue weighted by atomic mass is 16.5. The fourth-order valence-electron chi connectivity index (χ4n) is 2.45. The van der Waals surface area contributed by atoms with Crippen LogP contribution in [0.25, 0.3) is 0 Å². The van der Waals surface area contributed by atoms with Gasteiger partial charge in [0.2, 0.25) is 0 Å². The molecule has 3 nitrogen and oxygen atoms in total. The molecule has 1 saturated carbocycles. The first kappa shape index (κ1) is 12.5. The Labute approximate surface area is 92.8 Å². The van der Waals surface area contributed by atoms with E-state index in [-0.39, 0.29) is 11.9 Å². The van der Waals surface area contributed by atoms with Crippen molar-refractivity contribution in [2.45, 2.75) is 45.1 Å². The van der Waals surface area contributed by atoms with Crippen molar-refractivity contribution in [2.24, 2.45) is 5.92 Å². The second-order valence-electron chi connectivity index (χ2n) is 4.51. The van der Waals surface area contributed by atoms with Crippen LogP contribution in [0.15, 0.2) is 0 Å². The lowest BCUT2D eigenvalue weighted by Crippen LogP contribution is -2.37. The first-order chi connectivity index (χ1) is 7.19. The normalized spacial score (nSPS) is 26.7. The highest BCUT2D eigenvalue weighted by molar-refractivity contribution is 5.72. The zero-order valence-corrected chi connectivity index (χ0v) is 10.2. The molecule has 0 aromatic carbocycles. The Hall–Kier alpha value is -0.570. The summed E-state index contributed by atoms with van der Waals surface area (Å²) < 4.78 is 4.78. The first-order valence-corrected chi connectivity index (χ1v) is 5.97. The van der Waals surface area contributed by atoms with Gasteiger partial charge in [-0.3, -0.25) is 4.79 Å². The maximum absolute atomic E-state index is 11.3. The Morgan fingerprint density at radius 3 is 2.40 bits per heavy atom. The van der Waals surface area contributed by atoms with Gasteiger partial charge in [0.05, 0.1) is 13.0 Å². The molecular weight excluding hydrogens is 190 g/mol. The molecule has 0 aromatic rings. The summed E-state index contributed by atoms with van der Waals surface area (Å²) in [6.07, 6.45) is 5.46. The SMILES string of the molecule is CCCN(C)C1CCC(C(=O)OC)CC1. The van der Waals surface area contributed by atoms with E-state index in [1.165, 1.54) is 13.5 Å². The van der Waals surface area contributed by atoms with Crippen LogP contribution in [0.4, 0.5) is 0 Å². The number of carbonyl (C=O) groups is 1. The van der Waals surface area contributed by atoms with E-state index in [1.54, 1.807) is 0 Å². The van der Waals surface area contributed by atoms with Gasteiger partial charge in [0.1, 0.15) is 0 Å². The van der Waals surface area contributed by atoms with E-state index < -0.39 is 0 Å². The lowest BCUT2D eigenvalue weighted by molar-refractivity contribution is -0.146. The van der Waals surface area contributed by atoms with Gasteiger partial charge in [-0.2, -0.15) is 0 Å². The van der Waals surface area contributed by atoms with Crippen LogP contribution >= 0.6 is 0 Å². The lowest BCUT2D eigenvalue weighted by Gasteiger charge is -2.33. The van der Waals surface area contributed by atoms with Crippen LogP contribution in [0.1, 0.15) is 39.0 Å². The molecule has 0 aromatic heterocycles. The van der Waals surface area contributed by atoms with Gasteiger partial charge in [-0.1, -0.05) is 6.92 Å². The molecule has 1 rings (SSSR count). The monoisotopic (exact) mass is 213 g/mol. The van der Waals surface area contributed by atoms with Crippen LogP contribution in [0.5, 0.6) is 0 Å². The van der Waals surface area contributed by atoms with Gasteiger partial charge in [0.25, 0.3) is 0 Å². The second kappa shape index (κ2) is 6.11. The van der Waals surface area contributed by atoms with Gasteiger partial charge >= 0.3 is 5.97 Å². The molecular formula is C12H23NO2. The van der Waals surface area contributed by atoms with Crippen LogP contribution in [0, 0.1) is 5.92 Å². The van der Waals surface area contributed by atoms with Crippen molar-refractivity contribution >= 4 is 5.97 Å². The summed E-state index contributed by atoms with van der Waals surface area (Å²) in [4.78, 5) is 13.8. The fraction of sp³-hybridized carbons (Fsp3) is 0.917. The summed E-state index contributed by atoms with van der Waals surface area (Å²) in [5.74, 6) is 0.132. The summed E-state index contributed by atoms with van der Waals surface area (Å²) in [7, 11) is 3.67. The van der Waals surface area contributed by atoms with E-state index in [0.717, 1.165) is 32.2 Å². The molecule has 0 unspecified atom stereocenters. The maximum atomic E-state index is 11.3. The fourth-order valence-corrected chi connectivity index (χ4v) is 2.45. The lowest BCUT2D eigenvalue weighted by atomic mass is 9.85. The van der Waals surface area contributed by atoms with Crippen LogP contribution in [0.3, 0.4) is 0 Å². The zero-order chi connectivity index (χ0) is 11.3. The molecule has 0 amide bonds. The Bertz CT molecular complexity index is 198. The molecule has 88 valence electrons. The van der Waals surface area contributed by atoms with E-state index in [1.807, 2.05) is 0 Å². The molecule has 0 atom stereocenters. The second-order valence-corrected chi connectivity index (χ2v) is 4.51. The van der Waals surface area contributed by atoms with E-state index in [4.69, 9.17) is 4.74 Å². The average molecular weight is 213 g/mol. The number of nitrogens with zero attached hydrogens (tertiary/aromatic N) is 1. The predicted molar refractivity (Wildman–Crippen MR) is 60.7 cm³/mol. The van der Waals surface area contributed by atoms with Gasteiger partial charge in [0.15, 0.2) is 0 Å². The third-order valence-corrected chi connectivity index (χ3v) is 3.43. The molecule has 0 heterocycles. The minimum Gasteiger partial charge on any atom is -0.469 e. The van der Waals surface area contributed by atoms with Crippen molar-refractivity contribution in [3.8, 4) is 0 Å². The highest BCUT2D eigenvalue weighted by Gasteiger charge is 2.28. The molecule has 1 fully saturated rings. The van der Waals surface area contributed by atoms with Crippen molar-refractivity contribution in [2.75, 3.05) is 20.7 Å². The van der Waals surface area contributed by atoms with Crippen molar-refractivity contribution in [1.82, 2.24) is 4.90 Å². The van der Waals surface area contributed by atoms with E-state index >= 15 is 0 Å².